The van der Waals surface area contributed by atoms with Crippen LogP contribution in [0.5, 0.6) is 0 Å². The summed E-state index contributed by atoms with van der Waals surface area (Å²) in [6.07, 6.45) is 14.8. The number of hydrogen-bond acceptors (Lipinski definition) is 2. The molecule has 2 nitrogen and oxygen atoms in total. The van der Waals surface area contributed by atoms with Crippen LogP contribution in [0.2, 0.25) is 0 Å². The van der Waals surface area contributed by atoms with Gasteiger partial charge in [-0.2, -0.15) is 0 Å². The van der Waals surface area contributed by atoms with E-state index in [-0.39, 0.29) is 0 Å². The minimum Gasteiger partial charge on any atom is -0.384 e. The molecule has 0 aliphatic rings. The summed E-state index contributed by atoms with van der Waals surface area (Å²) in [4.78, 5) is 0. The molecule has 22 heavy (non-hydrogen) atoms. The number of rotatable bonds is 14. The summed E-state index contributed by atoms with van der Waals surface area (Å²) in [6, 6.07) is 0. The zero-order valence-corrected chi connectivity index (χ0v) is 16.5. The Morgan fingerprint density at radius 2 is 1.14 bits per heavy atom. The lowest BCUT2D eigenvalue weighted by Gasteiger charge is -2.13. The van der Waals surface area contributed by atoms with Gasteiger partial charge >= 0.3 is 0 Å². The van der Waals surface area contributed by atoms with E-state index in [1.54, 1.807) is 7.11 Å². The summed E-state index contributed by atoms with van der Waals surface area (Å²) in [5.74, 6) is 0.810. The van der Waals surface area contributed by atoms with Crippen LogP contribution in [0, 0.1) is 5.92 Å². The van der Waals surface area contributed by atoms with Gasteiger partial charge in [-0.15, -0.1) is 0 Å². The Morgan fingerprint density at radius 1 is 0.636 bits per heavy atom. The second-order valence-corrected chi connectivity index (χ2v) is 6.39. The highest BCUT2D eigenvalue weighted by molar-refractivity contribution is 4.57. The van der Waals surface area contributed by atoms with Crippen molar-refractivity contribution < 1.29 is 9.47 Å². The molecule has 0 aromatic heterocycles. The smallest absolute Gasteiger partial charge is 0.0571 e. The molecule has 0 aliphatic carbocycles. The molecule has 2 heteroatoms. The third-order valence-corrected chi connectivity index (χ3v) is 4.16. The first kappa shape index (κ1) is 24.2. The van der Waals surface area contributed by atoms with Crippen LogP contribution >= 0.6 is 0 Å². The molecular formula is C20H44O2. The molecule has 1 unspecified atom stereocenters. The molecule has 1 atom stereocenters. The van der Waals surface area contributed by atoms with Crippen molar-refractivity contribution in [2.24, 2.45) is 5.92 Å². The van der Waals surface area contributed by atoms with E-state index in [0.717, 1.165) is 12.5 Å². The Balaban J connectivity index is 0. The summed E-state index contributed by atoms with van der Waals surface area (Å²) in [5, 5.41) is 0. The molecular weight excluding hydrogens is 272 g/mol. The van der Waals surface area contributed by atoms with E-state index in [4.69, 9.17) is 9.47 Å². The van der Waals surface area contributed by atoms with Crippen molar-refractivity contribution >= 4 is 0 Å². The number of hydrogen-bond donors (Lipinski definition) is 0. The molecule has 0 amide bonds. The van der Waals surface area contributed by atoms with Crippen LogP contribution in [0.25, 0.3) is 0 Å². The first-order valence-corrected chi connectivity index (χ1v) is 9.71. The Bertz CT molecular complexity index is 169. The SMILES string of the molecule is CCCCC(CCC)COC.CCCCC(CCCC)OC. The molecule has 0 radical (unpaired) electrons. The lowest BCUT2D eigenvalue weighted by Crippen LogP contribution is -2.09. The first-order valence-electron chi connectivity index (χ1n) is 9.71. The average molecular weight is 317 g/mol. The van der Waals surface area contributed by atoms with Gasteiger partial charge < -0.3 is 9.47 Å². The summed E-state index contributed by atoms with van der Waals surface area (Å²) in [5.41, 5.74) is 0. The quantitative estimate of drug-likeness (QED) is 0.358. The normalized spacial score (nSPS) is 12.1. The lowest BCUT2D eigenvalue weighted by atomic mass is 9.98. The van der Waals surface area contributed by atoms with E-state index in [9.17, 15) is 0 Å². The third kappa shape index (κ3) is 18.0. The van der Waals surface area contributed by atoms with E-state index in [2.05, 4.69) is 27.7 Å². The highest BCUT2D eigenvalue weighted by atomic mass is 16.5. The fourth-order valence-electron chi connectivity index (χ4n) is 2.69. The number of unbranched alkanes of at least 4 members (excludes halogenated alkanes) is 3. The maximum Gasteiger partial charge on any atom is 0.0571 e. The average Bonchev–Trinajstić information content (AvgIpc) is 2.54. The van der Waals surface area contributed by atoms with Crippen LogP contribution in [-0.4, -0.2) is 26.9 Å². The van der Waals surface area contributed by atoms with Crippen molar-refractivity contribution in [3.8, 4) is 0 Å². The molecule has 0 aromatic carbocycles. The summed E-state index contributed by atoms with van der Waals surface area (Å²) < 4.78 is 10.5. The highest BCUT2D eigenvalue weighted by Gasteiger charge is 2.05. The van der Waals surface area contributed by atoms with Crippen LogP contribution < -0.4 is 0 Å². The summed E-state index contributed by atoms with van der Waals surface area (Å²) in [7, 11) is 3.63. The van der Waals surface area contributed by atoms with Gasteiger partial charge in [-0.05, 0) is 31.6 Å². The number of ether oxygens (including phenoxy) is 2. The van der Waals surface area contributed by atoms with Crippen molar-refractivity contribution in [3.63, 3.8) is 0 Å². The molecule has 0 saturated heterocycles. The maximum absolute atomic E-state index is 5.35. The van der Waals surface area contributed by atoms with E-state index in [1.165, 1.54) is 70.6 Å². The van der Waals surface area contributed by atoms with Crippen molar-refractivity contribution in [1.82, 2.24) is 0 Å². The predicted molar refractivity (Wildman–Crippen MR) is 99.6 cm³/mol. The zero-order chi connectivity index (χ0) is 17.1. The molecule has 0 spiro atoms. The van der Waals surface area contributed by atoms with E-state index in [0.29, 0.717) is 6.10 Å². The summed E-state index contributed by atoms with van der Waals surface area (Å²) in [6.45, 7) is 9.90. The van der Waals surface area contributed by atoms with Gasteiger partial charge in [0.1, 0.15) is 0 Å². The van der Waals surface area contributed by atoms with E-state index < -0.39 is 0 Å². The van der Waals surface area contributed by atoms with Crippen LogP contribution in [0.1, 0.15) is 98.3 Å². The van der Waals surface area contributed by atoms with E-state index >= 15 is 0 Å². The highest BCUT2D eigenvalue weighted by Crippen LogP contribution is 2.14. The molecule has 0 aromatic rings. The molecule has 0 saturated carbocycles. The standard InChI is InChI=1S/2C10H22O/c1-4-6-8-10(7-5-2)9-11-3;1-4-6-8-10(11-3)9-7-5-2/h2*10H,4-9H2,1-3H3. The molecule has 0 rings (SSSR count). The molecule has 0 fully saturated rings. The molecule has 0 aliphatic heterocycles. The maximum atomic E-state index is 5.35. The van der Waals surface area contributed by atoms with Gasteiger partial charge in [0.05, 0.1) is 6.10 Å². The Labute approximate surface area is 141 Å². The van der Waals surface area contributed by atoms with Gasteiger partial charge in [0.25, 0.3) is 0 Å². The first-order chi connectivity index (χ1) is 10.7. The van der Waals surface area contributed by atoms with Gasteiger partial charge in [-0.25, -0.2) is 0 Å². The zero-order valence-electron chi connectivity index (χ0n) is 16.5. The van der Waals surface area contributed by atoms with Crippen molar-refractivity contribution in [1.29, 1.82) is 0 Å². The molecule has 0 N–H and O–H groups in total. The second-order valence-electron chi connectivity index (χ2n) is 6.39. The minimum atomic E-state index is 0.523. The summed E-state index contributed by atoms with van der Waals surface area (Å²) >= 11 is 0. The van der Waals surface area contributed by atoms with Crippen LogP contribution in [-0.2, 0) is 9.47 Å². The molecule has 136 valence electrons. The number of methoxy groups -OCH3 is 2. The fraction of sp³-hybridized carbons (Fsp3) is 1.00. The molecule has 0 heterocycles. The fourth-order valence-corrected chi connectivity index (χ4v) is 2.69. The van der Waals surface area contributed by atoms with Crippen molar-refractivity contribution in [2.45, 2.75) is 104 Å². The van der Waals surface area contributed by atoms with Crippen molar-refractivity contribution in [2.75, 3.05) is 20.8 Å². The van der Waals surface area contributed by atoms with Gasteiger partial charge in [0.2, 0.25) is 0 Å². The van der Waals surface area contributed by atoms with Gasteiger partial charge in [-0.1, -0.05) is 72.6 Å². The largest absolute Gasteiger partial charge is 0.384 e. The lowest BCUT2D eigenvalue weighted by molar-refractivity contribution is 0.0841. The van der Waals surface area contributed by atoms with Gasteiger partial charge in [0, 0.05) is 20.8 Å². The van der Waals surface area contributed by atoms with Crippen LogP contribution in [0.15, 0.2) is 0 Å². The monoisotopic (exact) mass is 316 g/mol. The Hall–Kier alpha value is -0.0800. The minimum absolute atomic E-state index is 0.523. The topological polar surface area (TPSA) is 18.5 Å². The van der Waals surface area contributed by atoms with E-state index in [1.807, 2.05) is 7.11 Å². The second kappa shape index (κ2) is 20.9. The molecule has 0 bridgehead atoms. The third-order valence-electron chi connectivity index (χ3n) is 4.16. The predicted octanol–water partition coefficient (Wildman–Crippen LogP) is 6.62. The van der Waals surface area contributed by atoms with Gasteiger partial charge in [-0.3, -0.25) is 0 Å². The Morgan fingerprint density at radius 3 is 1.50 bits per heavy atom. The van der Waals surface area contributed by atoms with Crippen LogP contribution in [0.3, 0.4) is 0 Å². The van der Waals surface area contributed by atoms with Crippen LogP contribution in [0.4, 0.5) is 0 Å². The van der Waals surface area contributed by atoms with Gasteiger partial charge in [0.15, 0.2) is 0 Å². The Kier molecular flexibility index (Phi) is 23.0. The van der Waals surface area contributed by atoms with Crippen molar-refractivity contribution in [3.05, 3.63) is 0 Å².